The Bertz CT molecular complexity index is 1190. The predicted molar refractivity (Wildman–Crippen MR) is 127 cm³/mol. The highest BCUT2D eigenvalue weighted by atomic mass is 32.1. The van der Waals surface area contributed by atoms with Gasteiger partial charge in [-0.25, -0.2) is 9.97 Å². The van der Waals surface area contributed by atoms with Gasteiger partial charge in [0.15, 0.2) is 0 Å². The van der Waals surface area contributed by atoms with Gasteiger partial charge in [0.1, 0.15) is 22.7 Å². The molecule has 158 valence electrons. The molecule has 0 unspecified atom stereocenters. The molecule has 0 radical (unpaired) electrons. The molecule has 2 aromatic heterocycles. The summed E-state index contributed by atoms with van der Waals surface area (Å²) in [5.41, 5.74) is 2.95. The minimum Gasteiger partial charge on any atom is -0.492 e. The van der Waals surface area contributed by atoms with Crippen molar-refractivity contribution in [2.24, 2.45) is 0 Å². The van der Waals surface area contributed by atoms with Crippen LogP contribution in [0.25, 0.3) is 21.3 Å². The first-order valence-electron chi connectivity index (χ1n) is 10.2. The van der Waals surface area contributed by atoms with Crippen molar-refractivity contribution < 1.29 is 9.53 Å². The number of ether oxygens (including phenoxy) is 1. The molecule has 0 atom stereocenters. The first-order chi connectivity index (χ1) is 15.2. The summed E-state index contributed by atoms with van der Waals surface area (Å²) < 4.78 is 5.57. The number of thiophene rings is 1. The molecule has 0 aliphatic heterocycles. The van der Waals surface area contributed by atoms with Gasteiger partial charge in [0.05, 0.1) is 17.7 Å². The number of para-hydroxylation sites is 2. The minimum atomic E-state index is -0.0882. The van der Waals surface area contributed by atoms with Crippen LogP contribution in [0.3, 0.4) is 0 Å². The molecule has 0 saturated carbocycles. The van der Waals surface area contributed by atoms with Crippen molar-refractivity contribution in [3.63, 3.8) is 0 Å². The van der Waals surface area contributed by atoms with Crippen LogP contribution in [0, 0.1) is 6.92 Å². The number of benzene rings is 2. The highest BCUT2D eigenvalue weighted by Crippen LogP contribution is 2.40. The van der Waals surface area contributed by atoms with E-state index in [0.29, 0.717) is 31.0 Å². The van der Waals surface area contributed by atoms with Gasteiger partial charge in [-0.3, -0.25) is 4.79 Å². The Morgan fingerprint density at radius 2 is 1.84 bits per heavy atom. The van der Waals surface area contributed by atoms with Crippen LogP contribution in [-0.2, 0) is 4.79 Å². The molecule has 6 nitrogen and oxygen atoms in total. The van der Waals surface area contributed by atoms with Crippen LogP contribution in [0.2, 0.25) is 0 Å². The summed E-state index contributed by atoms with van der Waals surface area (Å²) in [6, 6.07) is 17.7. The number of hydrogen-bond donors (Lipinski definition) is 2. The molecule has 2 aromatic carbocycles. The van der Waals surface area contributed by atoms with E-state index >= 15 is 0 Å². The topological polar surface area (TPSA) is 76.1 Å². The van der Waals surface area contributed by atoms with Gasteiger partial charge >= 0.3 is 0 Å². The van der Waals surface area contributed by atoms with Crippen molar-refractivity contribution in [3.8, 4) is 16.9 Å². The van der Waals surface area contributed by atoms with E-state index in [0.717, 1.165) is 27.2 Å². The van der Waals surface area contributed by atoms with Gasteiger partial charge in [0, 0.05) is 23.4 Å². The van der Waals surface area contributed by atoms with E-state index in [1.807, 2.05) is 49.4 Å². The third-order valence-electron chi connectivity index (χ3n) is 4.83. The summed E-state index contributed by atoms with van der Waals surface area (Å²) in [7, 11) is 0. The quantitative estimate of drug-likeness (QED) is 0.384. The molecule has 2 heterocycles. The Labute approximate surface area is 185 Å². The standard InChI is InChI=1S/C24H24N4O2S/c1-3-30-19-12-8-7-11-18(19)28-20(29)13-14-25-23-22-21(17-9-5-4-6-10-17)16(2)31-24(22)27-15-26-23/h4-12,15H,3,13-14H2,1-2H3,(H,28,29)(H,25,26,27). The Kier molecular flexibility index (Phi) is 6.43. The van der Waals surface area contributed by atoms with Gasteiger partial charge in [-0.2, -0.15) is 0 Å². The number of aryl methyl sites for hydroxylation is 1. The SMILES string of the molecule is CCOc1ccccc1NC(=O)CCNc1ncnc2sc(C)c(-c3ccccc3)c12. The molecule has 7 heteroatoms. The summed E-state index contributed by atoms with van der Waals surface area (Å²) in [5.74, 6) is 1.33. The molecule has 0 bridgehead atoms. The van der Waals surface area contributed by atoms with Crippen molar-refractivity contribution in [2.75, 3.05) is 23.8 Å². The van der Waals surface area contributed by atoms with E-state index < -0.39 is 0 Å². The van der Waals surface area contributed by atoms with Crippen LogP contribution in [-0.4, -0.2) is 29.0 Å². The molecule has 4 rings (SSSR count). The van der Waals surface area contributed by atoms with Gasteiger partial charge in [0.25, 0.3) is 0 Å². The summed E-state index contributed by atoms with van der Waals surface area (Å²) in [4.78, 5) is 23.5. The normalized spacial score (nSPS) is 10.8. The lowest BCUT2D eigenvalue weighted by atomic mass is 10.0. The van der Waals surface area contributed by atoms with E-state index in [-0.39, 0.29) is 5.91 Å². The molecular weight excluding hydrogens is 408 g/mol. The smallest absolute Gasteiger partial charge is 0.226 e. The van der Waals surface area contributed by atoms with Crippen LogP contribution in [0.1, 0.15) is 18.2 Å². The first kappa shape index (κ1) is 20.8. The third-order valence-corrected chi connectivity index (χ3v) is 5.85. The zero-order valence-corrected chi connectivity index (χ0v) is 18.3. The van der Waals surface area contributed by atoms with E-state index in [9.17, 15) is 4.79 Å². The number of anilines is 2. The Hall–Kier alpha value is -3.45. The van der Waals surface area contributed by atoms with E-state index in [1.165, 1.54) is 4.88 Å². The number of hydrogen-bond acceptors (Lipinski definition) is 6. The monoisotopic (exact) mass is 432 g/mol. The second kappa shape index (κ2) is 9.57. The highest BCUT2D eigenvalue weighted by Gasteiger charge is 2.16. The van der Waals surface area contributed by atoms with Gasteiger partial charge in [-0.15, -0.1) is 11.3 Å². The zero-order chi connectivity index (χ0) is 21.6. The largest absolute Gasteiger partial charge is 0.492 e. The van der Waals surface area contributed by atoms with Crippen LogP contribution in [0.5, 0.6) is 5.75 Å². The van der Waals surface area contributed by atoms with Crippen molar-refractivity contribution in [1.29, 1.82) is 0 Å². The summed E-state index contributed by atoms with van der Waals surface area (Å²) in [6.45, 7) is 5.02. The Balaban J connectivity index is 1.48. The maximum Gasteiger partial charge on any atom is 0.226 e. The van der Waals surface area contributed by atoms with Gasteiger partial charge in [-0.05, 0) is 31.5 Å². The fourth-order valence-electron chi connectivity index (χ4n) is 3.49. The molecule has 1 amide bonds. The number of nitrogens with one attached hydrogen (secondary N) is 2. The second-order valence-corrected chi connectivity index (χ2v) is 8.16. The molecule has 0 fully saturated rings. The van der Waals surface area contributed by atoms with Crippen molar-refractivity contribution in [1.82, 2.24) is 9.97 Å². The molecule has 0 saturated heterocycles. The van der Waals surface area contributed by atoms with Crippen LogP contribution >= 0.6 is 11.3 Å². The van der Waals surface area contributed by atoms with Crippen molar-refractivity contribution in [3.05, 3.63) is 65.8 Å². The van der Waals surface area contributed by atoms with Crippen LogP contribution < -0.4 is 15.4 Å². The van der Waals surface area contributed by atoms with E-state index in [1.54, 1.807) is 17.7 Å². The number of carbonyl (C=O) groups excluding carboxylic acids is 1. The van der Waals surface area contributed by atoms with Gasteiger partial charge in [0.2, 0.25) is 5.91 Å². The Morgan fingerprint density at radius 1 is 1.06 bits per heavy atom. The number of aromatic nitrogens is 2. The summed E-state index contributed by atoms with van der Waals surface area (Å²) >= 11 is 1.65. The lowest BCUT2D eigenvalue weighted by molar-refractivity contribution is -0.116. The zero-order valence-electron chi connectivity index (χ0n) is 17.5. The fourth-order valence-corrected chi connectivity index (χ4v) is 4.50. The number of carbonyl (C=O) groups is 1. The number of amides is 1. The average Bonchev–Trinajstić information content (AvgIpc) is 3.12. The maximum absolute atomic E-state index is 12.5. The first-order valence-corrected chi connectivity index (χ1v) is 11.0. The Morgan fingerprint density at radius 3 is 2.65 bits per heavy atom. The van der Waals surface area contributed by atoms with E-state index in [2.05, 4.69) is 39.7 Å². The highest BCUT2D eigenvalue weighted by molar-refractivity contribution is 7.19. The molecule has 2 N–H and O–H groups in total. The predicted octanol–water partition coefficient (Wildman–Crippen LogP) is 5.51. The average molecular weight is 433 g/mol. The minimum absolute atomic E-state index is 0.0882. The fraction of sp³-hybridized carbons (Fsp3) is 0.208. The van der Waals surface area contributed by atoms with Crippen molar-refractivity contribution in [2.45, 2.75) is 20.3 Å². The number of nitrogens with zero attached hydrogens (tertiary/aromatic N) is 2. The number of rotatable bonds is 8. The summed E-state index contributed by atoms with van der Waals surface area (Å²) in [5, 5.41) is 7.25. The molecular formula is C24H24N4O2S. The third kappa shape index (κ3) is 4.67. The maximum atomic E-state index is 12.5. The van der Waals surface area contributed by atoms with Crippen LogP contribution in [0.4, 0.5) is 11.5 Å². The lowest BCUT2D eigenvalue weighted by Gasteiger charge is -2.12. The van der Waals surface area contributed by atoms with Crippen molar-refractivity contribution >= 4 is 39.0 Å². The number of fused-ring (bicyclic) bond motifs is 1. The van der Waals surface area contributed by atoms with Crippen LogP contribution in [0.15, 0.2) is 60.9 Å². The molecule has 31 heavy (non-hydrogen) atoms. The van der Waals surface area contributed by atoms with Gasteiger partial charge in [-0.1, -0.05) is 42.5 Å². The molecule has 0 spiro atoms. The van der Waals surface area contributed by atoms with E-state index in [4.69, 9.17) is 4.74 Å². The molecule has 4 aromatic rings. The second-order valence-electron chi connectivity index (χ2n) is 6.96. The van der Waals surface area contributed by atoms with Gasteiger partial charge < -0.3 is 15.4 Å². The summed E-state index contributed by atoms with van der Waals surface area (Å²) in [6.07, 6.45) is 1.86. The lowest BCUT2D eigenvalue weighted by Crippen LogP contribution is -2.17. The molecule has 0 aliphatic rings. The molecule has 0 aliphatic carbocycles.